The molecule has 3 rings (SSSR count). The summed E-state index contributed by atoms with van der Waals surface area (Å²) < 4.78 is 7.11. The number of aromatic nitrogens is 4. The highest BCUT2D eigenvalue weighted by atomic mass is 16.5. The number of hydrogen-bond donors (Lipinski definition) is 1. The van der Waals surface area contributed by atoms with E-state index in [1.54, 1.807) is 13.8 Å². The van der Waals surface area contributed by atoms with Gasteiger partial charge in [-0.05, 0) is 32.9 Å². The summed E-state index contributed by atoms with van der Waals surface area (Å²) in [5.41, 5.74) is 0.841. The molecule has 104 valence electrons. The Morgan fingerprint density at radius 3 is 2.70 bits per heavy atom. The van der Waals surface area contributed by atoms with Crippen LogP contribution in [-0.4, -0.2) is 24.8 Å². The summed E-state index contributed by atoms with van der Waals surface area (Å²) in [6.07, 6.45) is 0. The van der Waals surface area contributed by atoms with Crippen LogP contribution in [0.15, 0.2) is 28.8 Å². The van der Waals surface area contributed by atoms with Gasteiger partial charge in [-0.15, -0.1) is 0 Å². The van der Waals surface area contributed by atoms with E-state index in [2.05, 4.69) is 15.1 Å². The smallest absolute Gasteiger partial charge is 0.258 e. The molecule has 0 amide bonds. The van der Waals surface area contributed by atoms with Gasteiger partial charge < -0.3 is 14.2 Å². The Balaban J connectivity index is 1.97. The quantitative estimate of drug-likeness (QED) is 0.789. The molecule has 1 N–H and O–H groups in total. The summed E-state index contributed by atoms with van der Waals surface area (Å²) in [5.74, 6) is 1.63. The predicted molar refractivity (Wildman–Crippen MR) is 73.1 cm³/mol. The first-order chi connectivity index (χ1) is 9.45. The highest BCUT2D eigenvalue weighted by Gasteiger charge is 2.24. The lowest BCUT2D eigenvalue weighted by molar-refractivity contribution is 0.0420. The molecule has 0 atom stereocenters. The molecule has 3 aromatic rings. The van der Waals surface area contributed by atoms with Gasteiger partial charge in [0.05, 0.1) is 17.6 Å². The number of benzene rings is 1. The molecule has 0 bridgehead atoms. The fourth-order valence-corrected chi connectivity index (χ4v) is 2.10. The lowest BCUT2D eigenvalue weighted by Crippen LogP contribution is -2.16. The fraction of sp³-hybridized carbons (Fsp3) is 0.357. The van der Waals surface area contributed by atoms with Gasteiger partial charge in [0.2, 0.25) is 0 Å². The molecule has 0 aliphatic heterocycles. The normalized spacial score (nSPS) is 12.2. The Kier molecular flexibility index (Phi) is 2.83. The van der Waals surface area contributed by atoms with E-state index < -0.39 is 5.60 Å². The second-order valence-corrected chi connectivity index (χ2v) is 5.31. The van der Waals surface area contributed by atoms with Gasteiger partial charge in [0.1, 0.15) is 11.4 Å². The van der Waals surface area contributed by atoms with Crippen molar-refractivity contribution in [3.05, 3.63) is 41.8 Å². The van der Waals surface area contributed by atoms with Crippen LogP contribution in [0, 0.1) is 6.92 Å². The molecule has 0 saturated carbocycles. The van der Waals surface area contributed by atoms with Crippen LogP contribution in [0.1, 0.15) is 31.4 Å². The van der Waals surface area contributed by atoms with Crippen molar-refractivity contribution in [2.24, 2.45) is 0 Å². The van der Waals surface area contributed by atoms with Crippen molar-refractivity contribution in [1.82, 2.24) is 19.7 Å². The van der Waals surface area contributed by atoms with Crippen LogP contribution in [0.5, 0.6) is 0 Å². The molecule has 0 aliphatic carbocycles. The van der Waals surface area contributed by atoms with Gasteiger partial charge in [-0.3, -0.25) is 0 Å². The summed E-state index contributed by atoms with van der Waals surface area (Å²) in [6, 6.07) is 7.90. The third kappa shape index (κ3) is 2.18. The Morgan fingerprint density at radius 2 is 2.00 bits per heavy atom. The number of hydrogen-bond acceptors (Lipinski definition) is 5. The first-order valence-corrected chi connectivity index (χ1v) is 6.42. The van der Waals surface area contributed by atoms with Crippen LogP contribution < -0.4 is 0 Å². The molecule has 0 aliphatic rings. The van der Waals surface area contributed by atoms with Crippen molar-refractivity contribution < 1.29 is 9.63 Å². The lowest BCUT2D eigenvalue weighted by atomic mass is 10.1. The van der Waals surface area contributed by atoms with Crippen LogP contribution in [0.3, 0.4) is 0 Å². The molecular formula is C14H16N4O2. The zero-order valence-corrected chi connectivity index (χ0v) is 11.7. The van der Waals surface area contributed by atoms with Crippen molar-refractivity contribution in [2.45, 2.75) is 32.9 Å². The highest BCUT2D eigenvalue weighted by molar-refractivity contribution is 5.75. The SMILES string of the molecule is Cc1nc2ccccc2n1Cc1noc(C(C)(C)O)n1. The van der Waals surface area contributed by atoms with Gasteiger partial charge in [-0.1, -0.05) is 17.3 Å². The van der Waals surface area contributed by atoms with E-state index in [1.807, 2.05) is 35.8 Å². The average Bonchev–Trinajstić information content (AvgIpc) is 2.95. The van der Waals surface area contributed by atoms with Crippen LogP contribution in [0.25, 0.3) is 11.0 Å². The van der Waals surface area contributed by atoms with Crippen molar-refractivity contribution in [3.8, 4) is 0 Å². The van der Waals surface area contributed by atoms with Crippen LogP contribution in [0.2, 0.25) is 0 Å². The monoisotopic (exact) mass is 272 g/mol. The van der Waals surface area contributed by atoms with Crippen molar-refractivity contribution in [1.29, 1.82) is 0 Å². The van der Waals surface area contributed by atoms with Gasteiger partial charge in [-0.25, -0.2) is 4.98 Å². The van der Waals surface area contributed by atoms with E-state index in [1.165, 1.54) is 0 Å². The van der Waals surface area contributed by atoms with Gasteiger partial charge in [-0.2, -0.15) is 4.98 Å². The lowest BCUT2D eigenvalue weighted by Gasteiger charge is -2.09. The van der Waals surface area contributed by atoms with E-state index in [9.17, 15) is 5.11 Å². The second kappa shape index (κ2) is 4.42. The number of nitrogens with zero attached hydrogens (tertiary/aromatic N) is 4. The number of aryl methyl sites for hydroxylation is 1. The number of aliphatic hydroxyl groups is 1. The minimum Gasteiger partial charge on any atom is -0.381 e. The minimum absolute atomic E-state index is 0.217. The maximum atomic E-state index is 9.84. The summed E-state index contributed by atoms with van der Waals surface area (Å²) >= 11 is 0. The third-order valence-corrected chi connectivity index (χ3v) is 3.14. The van der Waals surface area contributed by atoms with Crippen LogP contribution in [0.4, 0.5) is 0 Å². The third-order valence-electron chi connectivity index (χ3n) is 3.14. The molecule has 6 heteroatoms. The number of para-hydroxylation sites is 2. The molecule has 2 aromatic heterocycles. The summed E-state index contributed by atoms with van der Waals surface area (Å²) in [5, 5.41) is 13.8. The average molecular weight is 272 g/mol. The Labute approximate surface area is 116 Å². The minimum atomic E-state index is -1.13. The molecule has 2 heterocycles. The van der Waals surface area contributed by atoms with E-state index in [0.717, 1.165) is 16.9 Å². The van der Waals surface area contributed by atoms with Crippen molar-refractivity contribution >= 4 is 11.0 Å². The molecule has 0 spiro atoms. The van der Waals surface area contributed by atoms with Gasteiger partial charge in [0.15, 0.2) is 5.82 Å². The van der Waals surface area contributed by atoms with Crippen LogP contribution >= 0.6 is 0 Å². The Bertz CT molecular complexity index is 752. The summed E-state index contributed by atoms with van der Waals surface area (Å²) in [6.45, 7) is 5.63. The molecule has 6 nitrogen and oxygen atoms in total. The zero-order valence-electron chi connectivity index (χ0n) is 11.7. The highest BCUT2D eigenvalue weighted by Crippen LogP contribution is 2.19. The van der Waals surface area contributed by atoms with Gasteiger partial charge in [0, 0.05) is 0 Å². The predicted octanol–water partition coefficient (Wildman–Crippen LogP) is 2.00. The maximum Gasteiger partial charge on any atom is 0.258 e. The second-order valence-electron chi connectivity index (χ2n) is 5.31. The summed E-state index contributed by atoms with van der Waals surface area (Å²) in [7, 11) is 0. The van der Waals surface area contributed by atoms with Gasteiger partial charge >= 0.3 is 0 Å². The molecule has 1 aromatic carbocycles. The van der Waals surface area contributed by atoms with Crippen molar-refractivity contribution in [3.63, 3.8) is 0 Å². The topological polar surface area (TPSA) is 77.0 Å². The number of rotatable bonds is 3. The molecule has 0 saturated heterocycles. The molecule has 20 heavy (non-hydrogen) atoms. The van der Waals surface area contributed by atoms with E-state index in [-0.39, 0.29) is 5.89 Å². The first kappa shape index (κ1) is 12.8. The van der Waals surface area contributed by atoms with E-state index >= 15 is 0 Å². The van der Waals surface area contributed by atoms with Gasteiger partial charge in [0.25, 0.3) is 5.89 Å². The molecular weight excluding hydrogens is 256 g/mol. The standard InChI is InChI=1S/C14H16N4O2/c1-9-15-10-6-4-5-7-11(10)18(9)8-12-16-13(20-17-12)14(2,3)19/h4-7,19H,8H2,1-3H3. The molecule has 0 radical (unpaired) electrons. The van der Waals surface area contributed by atoms with Crippen LogP contribution in [-0.2, 0) is 12.1 Å². The summed E-state index contributed by atoms with van der Waals surface area (Å²) in [4.78, 5) is 8.72. The largest absolute Gasteiger partial charge is 0.381 e. The maximum absolute atomic E-state index is 9.84. The zero-order chi connectivity index (χ0) is 14.3. The fourth-order valence-electron chi connectivity index (χ4n) is 2.10. The number of imidazole rings is 1. The Hall–Kier alpha value is -2.21. The van der Waals surface area contributed by atoms with E-state index in [4.69, 9.17) is 4.52 Å². The first-order valence-electron chi connectivity index (χ1n) is 6.42. The number of fused-ring (bicyclic) bond motifs is 1. The molecule has 0 fully saturated rings. The van der Waals surface area contributed by atoms with Crippen molar-refractivity contribution in [2.75, 3.05) is 0 Å². The van der Waals surface area contributed by atoms with E-state index in [0.29, 0.717) is 12.4 Å². The Morgan fingerprint density at radius 1 is 1.25 bits per heavy atom. The molecule has 0 unspecified atom stereocenters.